The van der Waals surface area contributed by atoms with Crippen LogP contribution in [-0.4, -0.2) is 23.6 Å². The van der Waals surface area contributed by atoms with E-state index in [1.165, 1.54) is 12.3 Å². The van der Waals surface area contributed by atoms with Gasteiger partial charge in [0, 0.05) is 19.2 Å². The largest absolute Gasteiger partial charge is 0.493 e. The summed E-state index contributed by atoms with van der Waals surface area (Å²) in [6.07, 6.45) is 1.98. The molecule has 23 heavy (non-hydrogen) atoms. The van der Waals surface area contributed by atoms with E-state index < -0.39 is 0 Å². The van der Waals surface area contributed by atoms with Crippen LogP contribution < -0.4 is 15.2 Å². The standard InChI is InChI=1S/C17H18FN3O2/c1-22-15-5-3-11(8-16(15)23-2)7-13-14(9-19)21-10-12(18)4-6-17(21)20-13/h3-6,8,10H,7,9,19H2,1-2H3. The maximum atomic E-state index is 13.5. The van der Waals surface area contributed by atoms with Crippen LogP contribution in [0.1, 0.15) is 17.0 Å². The SMILES string of the molecule is COc1ccc(Cc2nc3ccc(F)cn3c2CN)cc1OC. The van der Waals surface area contributed by atoms with Gasteiger partial charge in [-0.2, -0.15) is 0 Å². The summed E-state index contributed by atoms with van der Waals surface area (Å²) in [6.45, 7) is 0.285. The lowest BCUT2D eigenvalue weighted by Gasteiger charge is -2.09. The average molecular weight is 315 g/mol. The first kappa shape index (κ1) is 15.3. The Hall–Kier alpha value is -2.60. The zero-order valence-electron chi connectivity index (χ0n) is 13.0. The van der Waals surface area contributed by atoms with Crippen molar-refractivity contribution in [3.05, 3.63) is 59.3 Å². The summed E-state index contributed by atoms with van der Waals surface area (Å²) in [5, 5.41) is 0. The van der Waals surface area contributed by atoms with Crippen LogP contribution in [0.5, 0.6) is 11.5 Å². The van der Waals surface area contributed by atoms with Gasteiger partial charge < -0.3 is 15.2 Å². The molecule has 1 aromatic carbocycles. The van der Waals surface area contributed by atoms with E-state index in [4.69, 9.17) is 15.2 Å². The second kappa shape index (κ2) is 6.26. The normalized spacial score (nSPS) is 11.0. The number of fused-ring (bicyclic) bond motifs is 1. The second-order valence-electron chi connectivity index (χ2n) is 5.15. The first-order valence-corrected chi connectivity index (χ1v) is 7.22. The molecule has 0 spiro atoms. The Morgan fingerprint density at radius 1 is 1.13 bits per heavy atom. The van der Waals surface area contributed by atoms with Crippen LogP contribution >= 0.6 is 0 Å². The van der Waals surface area contributed by atoms with Crippen LogP contribution in [-0.2, 0) is 13.0 Å². The van der Waals surface area contributed by atoms with Crippen LogP contribution in [0, 0.1) is 5.82 Å². The number of hydrogen-bond acceptors (Lipinski definition) is 4. The Morgan fingerprint density at radius 2 is 1.91 bits per heavy atom. The van der Waals surface area contributed by atoms with Crippen LogP contribution in [0.2, 0.25) is 0 Å². The van der Waals surface area contributed by atoms with Gasteiger partial charge in [0.25, 0.3) is 0 Å². The molecule has 0 aliphatic heterocycles. The molecule has 0 atom stereocenters. The fourth-order valence-electron chi connectivity index (χ4n) is 2.66. The van der Waals surface area contributed by atoms with Crippen molar-refractivity contribution in [2.45, 2.75) is 13.0 Å². The molecule has 120 valence electrons. The van der Waals surface area contributed by atoms with Crippen molar-refractivity contribution in [3.8, 4) is 11.5 Å². The fraction of sp³-hybridized carbons (Fsp3) is 0.235. The van der Waals surface area contributed by atoms with E-state index in [9.17, 15) is 4.39 Å². The lowest BCUT2D eigenvalue weighted by molar-refractivity contribution is 0.354. The highest BCUT2D eigenvalue weighted by Crippen LogP contribution is 2.29. The monoisotopic (exact) mass is 315 g/mol. The molecule has 0 radical (unpaired) electrons. The maximum Gasteiger partial charge on any atom is 0.160 e. The Kier molecular flexibility index (Phi) is 4.16. The van der Waals surface area contributed by atoms with Gasteiger partial charge in [0.2, 0.25) is 0 Å². The number of nitrogens with two attached hydrogens (primary N) is 1. The molecule has 6 heteroatoms. The minimum atomic E-state index is -0.317. The van der Waals surface area contributed by atoms with Gasteiger partial charge in [-0.25, -0.2) is 9.37 Å². The second-order valence-corrected chi connectivity index (χ2v) is 5.15. The number of rotatable bonds is 5. The van der Waals surface area contributed by atoms with Gasteiger partial charge in [-0.15, -0.1) is 0 Å². The van der Waals surface area contributed by atoms with Crippen molar-refractivity contribution in [2.24, 2.45) is 5.73 Å². The van der Waals surface area contributed by atoms with Gasteiger partial charge in [-0.05, 0) is 29.8 Å². The van der Waals surface area contributed by atoms with Crippen molar-refractivity contribution >= 4 is 5.65 Å². The fourth-order valence-corrected chi connectivity index (χ4v) is 2.66. The third-order valence-corrected chi connectivity index (χ3v) is 3.78. The first-order chi connectivity index (χ1) is 11.2. The van der Waals surface area contributed by atoms with E-state index in [0.717, 1.165) is 17.0 Å². The summed E-state index contributed by atoms with van der Waals surface area (Å²) < 4.78 is 25.7. The highest BCUT2D eigenvalue weighted by atomic mass is 19.1. The Morgan fingerprint density at radius 3 is 2.61 bits per heavy atom. The Bertz CT molecular complexity index is 845. The van der Waals surface area contributed by atoms with Crippen molar-refractivity contribution < 1.29 is 13.9 Å². The summed E-state index contributed by atoms with van der Waals surface area (Å²) in [5.41, 5.74) is 9.16. The predicted octanol–water partition coefficient (Wildman–Crippen LogP) is 2.54. The van der Waals surface area contributed by atoms with E-state index in [2.05, 4.69) is 4.98 Å². The van der Waals surface area contributed by atoms with E-state index in [0.29, 0.717) is 23.6 Å². The molecule has 2 aromatic heterocycles. The van der Waals surface area contributed by atoms with Gasteiger partial charge in [0.1, 0.15) is 11.5 Å². The number of halogens is 1. The Labute approximate surface area is 133 Å². The van der Waals surface area contributed by atoms with Crippen molar-refractivity contribution in [3.63, 3.8) is 0 Å². The van der Waals surface area contributed by atoms with Gasteiger partial charge in [-0.1, -0.05) is 6.07 Å². The predicted molar refractivity (Wildman–Crippen MR) is 85.4 cm³/mol. The number of methoxy groups -OCH3 is 2. The number of pyridine rings is 1. The molecule has 0 aliphatic rings. The third-order valence-electron chi connectivity index (χ3n) is 3.78. The van der Waals surface area contributed by atoms with Crippen molar-refractivity contribution in [1.29, 1.82) is 0 Å². The van der Waals surface area contributed by atoms with Gasteiger partial charge in [0.15, 0.2) is 11.5 Å². The number of imidazole rings is 1. The minimum absolute atomic E-state index is 0.285. The van der Waals surface area contributed by atoms with Crippen molar-refractivity contribution in [2.75, 3.05) is 14.2 Å². The molecule has 0 saturated heterocycles. The third kappa shape index (κ3) is 2.85. The van der Waals surface area contributed by atoms with Gasteiger partial charge in [-0.3, -0.25) is 4.40 Å². The van der Waals surface area contributed by atoms with Crippen LogP contribution in [0.4, 0.5) is 4.39 Å². The van der Waals surface area contributed by atoms with Crippen LogP contribution in [0.15, 0.2) is 36.5 Å². The van der Waals surface area contributed by atoms with Gasteiger partial charge in [0.05, 0.1) is 25.6 Å². The number of nitrogens with zero attached hydrogens (tertiary/aromatic N) is 2. The number of benzene rings is 1. The van der Waals surface area contributed by atoms with Crippen molar-refractivity contribution in [1.82, 2.24) is 9.38 Å². The topological polar surface area (TPSA) is 61.8 Å². The highest BCUT2D eigenvalue weighted by molar-refractivity contribution is 5.47. The summed E-state index contributed by atoms with van der Waals surface area (Å²) in [6, 6.07) is 8.75. The summed E-state index contributed by atoms with van der Waals surface area (Å²) >= 11 is 0. The molecule has 2 N–H and O–H groups in total. The molecule has 2 heterocycles. The summed E-state index contributed by atoms with van der Waals surface area (Å²) in [4.78, 5) is 4.56. The number of aromatic nitrogens is 2. The summed E-state index contributed by atoms with van der Waals surface area (Å²) in [7, 11) is 3.20. The molecular formula is C17H18FN3O2. The molecule has 5 nitrogen and oxygen atoms in total. The zero-order chi connectivity index (χ0) is 16.4. The first-order valence-electron chi connectivity index (χ1n) is 7.22. The highest BCUT2D eigenvalue weighted by Gasteiger charge is 2.13. The molecule has 0 aliphatic carbocycles. The zero-order valence-corrected chi connectivity index (χ0v) is 13.0. The Balaban J connectivity index is 2.01. The molecular weight excluding hydrogens is 297 g/mol. The lowest BCUT2D eigenvalue weighted by Crippen LogP contribution is -2.05. The molecule has 0 bridgehead atoms. The van der Waals surface area contributed by atoms with Gasteiger partial charge >= 0.3 is 0 Å². The molecule has 0 fully saturated rings. The van der Waals surface area contributed by atoms with E-state index in [1.807, 2.05) is 18.2 Å². The quantitative estimate of drug-likeness (QED) is 0.786. The lowest BCUT2D eigenvalue weighted by atomic mass is 10.1. The number of ether oxygens (including phenoxy) is 2. The maximum absolute atomic E-state index is 13.5. The minimum Gasteiger partial charge on any atom is -0.493 e. The molecule has 0 unspecified atom stereocenters. The van der Waals surface area contributed by atoms with E-state index in [-0.39, 0.29) is 12.4 Å². The van der Waals surface area contributed by atoms with E-state index in [1.54, 1.807) is 24.7 Å². The molecule has 3 rings (SSSR count). The number of hydrogen-bond donors (Lipinski definition) is 1. The molecule has 3 aromatic rings. The summed E-state index contributed by atoms with van der Waals surface area (Å²) in [5.74, 6) is 1.02. The van der Waals surface area contributed by atoms with Crippen LogP contribution in [0.25, 0.3) is 5.65 Å². The smallest absolute Gasteiger partial charge is 0.160 e. The molecule has 0 amide bonds. The molecule has 0 saturated carbocycles. The van der Waals surface area contributed by atoms with Crippen LogP contribution in [0.3, 0.4) is 0 Å². The van der Waals surface area contributed by atoms with E-state index >= 15 is 0 Å². The average Bonchev–Trinajstić information content (AvgIpc) is 2.90.